The van der Waals surface area contributed by atoms with Crippen LogP contribution in [0, 0.1) is 0 Å². The van der Waals surface area contributed by atoms with Crippen LogP contribution in [0.25, 0.3) is 0 Å². The number of carbonyl (C=O) groups excluding carboxylic acids is 1. The van der Waals surface area contributed by atoms with Gasteiger partial charge in [-0.2, -0.15) is 4.31 Å². The van der Waals surface area contributed by atoms with Gasteiger partial charge in [0.05, 0.1) is 5.75 Å². The Morgan fingerprint density at radius 1 is 1.39 bits per heavy atom. The number of carboxylic acids is 1. The fourth-order valence-electron chi connectivity index (χ4n) is 1.41. The monoisotopic (exact) mass is 280 g/mol. The average Bonchev–Trinajstić information content (AvgIpc) is 2.22. The highest BCUT2D eigenvalue weighted by molar-refractivity contribution is 7.89. The Morgan fingerprint density at radius 3 is 2.33 bits per heavy atom. The molecule has 0 aliphatic rings. The van der Waals surface area contributed by atoms with E-state index in [-0.39, 0.29) is 24.7 Å². The van der Waals surface area contributed by atoms with Gasteiger partial charge in [0.25, 0.3) is 0 Å². The van der Waals surface area contributed by atoms with Crippen LogP contribution in [0.5, 0.6) is 0 Å². The highest BCUT2D eigenvalue weighted by Gasteiger charge is 2.30. The number of aliphatic carboxylic acids is 1. The second kappa shape index (κ2) is 7.32. The highest BCUT2D eigenvalue weighted by Crippen LogP contribution is 2.09. The summed E-state index contributed by atoms with van der Waals surface area (Å²) in [5.41, 5.74) is 0. The largest absolute Gasteiger partial charge is 0.480 e. The van der Waals surface area contributed by atoms with E-state index in [1.54, 1.807) is 6.92 Å². The number of carbonyl (C=O) groups is 2. The van der Waals surface area contributed by atoms with Crippen LogP contribution in [0.1, 0.15) is 27.2 Å². The van der Waals surface area contributed by atoms with Crippen molar-refractivity contribution in [2.45, 2.75) is 33.2 Å². The molecule has 18 heavy (non-hydrogen) atoms. The number of hydrogen-bond donors (Lipinski definition) is 2. The number of amides is 1. The number of hydrogen-bond acceptors (Lipinski definition) is 4. The van der Waals surface area contributed by atoms with Crippen LogP contribution in [-0.2, 0) is 19.6 Å². The van der Waals surface area contributed by atoms with Crippen LogP contribution in [0.4, 0.5) is 0 Å². The lowest BCUT2D eigenvalue weighted by molar-refractivity contribution is -0.140. The molecule has 0 aromatic heterocycles. The lowest BCUT2D eigenvalue weighted by atomic mass is 10.3. The van der Waals surface area contributed by atoms with Crippen LogP contribution in [0.15, 0.2) is 0 Å². The van der Waals surface area contributed by atoms with Gasteiger partial charge < -0.3 is 10.4 Å². The van der Waals surface area contributed by atoms with Crippen LogP contribution in [-0.4, -0.2) is 54.6 Å². The van der Waals surface area contributed by atoms with Gasteiger partial charge in [0.1, 0.15) is 6.04 Å². The van der Waals surface area contributed by atoms with E-state index in [0.29, 0.717) is 6.42 Å². The number of nitrogens with zero attached hydrogens (tertiary/aromatic N) is 1. The van der Waals surface area contributed by atoms with Gasteiger partial charge in [-0.25, -0.2) is 8.42 Å². The Balaban J connectivity index is 4.83. The van der Waals surface area contributed by atoms with Crippen molar-refractivity contribution in [1.82, 2.24) is 9.62 Å². The normalized spacial score (nSPS) is 13.3. The molecule has 0 saturated heterocycles. The fraction of sp³-hybridized carbons (Fsp3) is 0.800. The molecule has 1 amide bonds. The molecular formula is C10H20N2O5S. The summed E-state index contributed by atoms with van der Waals surface area (Å²) < 4.78 is 24.7. The van der Waals surface area contributed by atoms with Crippen molar-refractivity contribution in [3.8, 4) is 0 Å². The van der Waals surface area contributed by atoms with Gasteiger partial charge in [-0.05, 0) is 13.3 Å². The summed E-state index contributed by atoms with van der Waals surface area (Å²) >= 11 is 0. The molecule has 106 valence electrons. The lowest BCUT2D eigenvalue weighted by Crippen LogP contribution is -2.47. The maximum Gasteiger partial charge on any atom is 0.321 e. The number of carboxylic acid groups (broad SMARTS) is 1. The lowest BCUT2D eigenvalue weighted by Gasteiger charge is -2.25. The van der Waals surface area contributed by atoms with Gasteiger partial charge in [-0.1, -0.05) is 6.92 Å². The Bertz CT molecular complexity index is 393. The molecule has 8 heteroatoms. The van der Waals surface area contributed by atoms with Crippen molar-refractivity contribution in [3.63, 3.8) is 0 Å². The van der Waals surface area contributed by atoms with E-state index in [9.17, 15) is 18.0 Å². The third kappa shape index (κ3) is 5.46. The first-order valence-corrected chi connectivity index (χ1v) is 7.30. The van der Waals surface area contributed by atoms with E-state index in [2.05, 4.69) is 5.32 Å². The van der Waals surface area contributed by atoms with Crippen molar-refractivity contribution in [2.75, 3.05) is 18.8 Å². The fourth-order valence-corrected chi connectivity index (χ4v) is 3.11. The molecule has 2 N–H and O–H groups in total. The van der Waals surface area contributed by atoms with Gasteiger partial charge in [-0.15, -0.1) is 0 Å². The SMILES string of the molecule is CCCS(=O)(=O)N(CCNC(C)=O)C(C)C(=O)O. The average molecular weight is 280 g/mol. The molecular weight excluding hydrogens is 260 g/mol. The third-order valence-electron chi connectivity index (χ3n) is 2.31. The van der Waals surface area contributed by atoms with E-state index < -0.39 is 22.0 Å². The maximum absolute atomic E-state index is 11.9. The molecule has 0 spiro atoms. The van der Waals surface area contributed by atoms with Crippen molar-refractivity contribution in [3.05, 3.63) is 0 Å². The Hall–Kier alpha value is -1.15. The first-order valence-electron chi connectivity index (χ1n) is 5.69. The van der Waals surface area contributed by atoms with E-state index in [0.717, 1.165) is 4.31 Å². The number of sulfonamides is 1. The maximum atomic E-state index is 11.9. The molecule has 0 radical (unpaired) electrons. The number of rotatable bonds is 8. The van der Waals surface area contributed by atoms with E-state index in [4.69, 9.17) is 5.11 Å². The third-order valence-corrected chi connectivity index (χ3v) is 4.45. The highest BCUT2D eigenvalue weighted by atomic mass is 32.2. The smallest absolute Gasteiger partial charge is 0.321 e. The van der Waals surface area contributed by atoms with Gasteiger partial charge in [0.2, 0.25) is 15.9 Å². The minimum Gasteiger partial charge on any atom is -0.480 e. The predicted molar refractivity (Wildman–Crippen MR) is 66.6 cm³/mol. The van der Waals surface area contributed by atoms with Crippen LogP contribution in [0.3, 0.4) is 0 Å². The second-order valence-electron chi connectivity index (χ2n) is 3.92. The summed E-state index contributed by atoms with van der Waals surface area (Å²) in [4.78, 5) is 21.6. The second-order valence-corrected chi connectivity index (χ2v) is 5.96. The van der Waals surface area contributed by atoms with E-state index >= 15 is 0 Å². The molecule has 1 unspecified atom stereocenters. The quantitative estimate of drug-likeness (QED) is 0.631. The molecule has 7 nitrogen and oxygen atoms in total. The molecule has 0 aliphatic heterocycles. The summed E-state index contributed by atoms with van der Waals surface area (Å²) in [6.45, 7) is 4.37. The summed E-state index contributed by atoms with van der Waals surface area (Å²) in [5, 5.41) is 11.3. The first kappa shape index (κ1) is 16.9. The van der Waals surface area contributed by atoms with Gasteiger partial charge in [0.15, 0.2) is 0 Å². The molecule has 0 bridgehead atoms. The predicted octanol–water partition coefficient (Wildman–Crippen LogP) is -0.363. The van der Waals surface area contributed by atoms with Crippen molar-refractivity contribution < 1.29 is 23.1 Å². The summed E-state index contributed by atoms with van der Waals surface area (Å²) in [5.74, 6) is -1.60. The van der Waals surface area contributed by atoms with Crippen molar-refractivity contribution >= 4 is 21.9 Å². The Labute approximate surface area is 107 Å². The topological polar surface area (TPSA) is 104 Å². The summed E-state index contributed by atoms with van der Waals surface area (Å²) in [6, 6.07) is -1.14. The van der Waals surface area contributed by atoms with E-state index in [1.165, 1.54) is 13.8 Å². The van der Waals surface area contributed by atoms with Gasteiger partial charge in [0, 0.05) is 20.0 Å². The minimum absolute atomic E-state index is 0.0462. The summed E-state index contributed by atoms with van der Waals surface area (Å²) in [6.07, 6.45) is 0.408. The molecule has 0 aromatic rings. The molecule has 0 fully saturated rings. The minimum atomic E-state index is -3.61. The first-order chi connectivity index (χ1) is 8.22. The standard InChI is InChI=1S/C10H20N2O5S/c1-4-7-18(16,17)12(8(2)10(14)15)6-5-11-9(3)13/h8H,4-7H2,1-3H3,(H,11,13)(H,14,15). The zero-order valence-corrected chi connectivity index (χ0v) is 11.7. The zero-order chi connectivity index (χ0) is 14.3. The van der Waals surface area contributed by atoms with Gasteiger partial charge in [-0.3, -0.25) is 9.59 Å². The van der Waals surface area contributed by atoms with Crippen molar-refractivity contribution in [1.29, 1.82) is 0 Å². The van der Waals surface area contributed by atoms with Crippen molar-refractivity contribution in [2.24, 2.45) is 0 Å². The molecule has 0 aromatic carbocycles. The number of nitrogens with one attached hydrogen (secondary N) is 1. The molecule has 0 rings (SSSR count). The molecule has 1 atom stereocenters. The molecule has 0 heterocycles. The zero-order valence-electron chi connectivity index (χ0n) is 10.8. The Morgan fingerprint density at radius 2 is 1.94 bits per heavy atom. The van der Waals surface area contributed by atoms with E-state index in [1.807, 2.05) is 0 Å². The summed E-state index contributed by atoms with van der Waals surface area (Å²) in [7, 11) is -3.61. The van der Waals surface area contributed by atoms with Crippen LogP contribution >= 0.6 is 0 Å². The van der Waals surface area contributed by atoms with Crippen LogP contribution in [0.2, 0.25) is 0 Å². The Kier molecular flexibility index (Phi) is 6.85. The molecule has 0 aliphatic carbocycles. The molecule has 0 saturated carbocycles. The van der Waals surface area contributed by atoms with Crippen LogP contribution < -0.4 is 5.32 Å². The van der Waals surface area contributed by atoms with Gasteiger partial charge >= 0.3 is 5.97 Å².